The second-order valence-electron chi connectivity index (χ2n) is 5.44. The van der Waals surface area contributed by atoms with Crippen LogP contribution in [0.25, 0.3) is 10.2 Å². The third kappa shape index (κ3) is 3.03. The van der Waals surface area contributed by atoms with E-state index in [9.17, 15) is 9.90 Å². The maximum Gasteiger partial charge on any atom is 0.262 e. The van der Waals surface area contributed by atoms with Gasteiger partial charge < -0.3 is 5.11 Å². The summed E-state index contributed by atoms with van der Waals surface area (Å²) in [5.74, 6) is 0.551. The van der Waals surface area contributed by atoms with Crippen molar-refractivity contribution in [1.82, 2.24) is 9.55 Å². The van der Waals surface area contributed by atoms with Gasteiger partial charge in [-0.2, -0.15) is 0 Å². The molecule has 0 aliphatic rings. The van der Waals surface area contributed by atoms with Crippen molar-refractivity contribution in [2.45, 2.75) is 51.3 Å². The Kier molecular flexibility index (Phi) is 4.80. The quantitative estimate of drug-likeness (QED) is 0.677. The van der Waals surface area contributed by atoms with Gasteiger partial charge in [0.15, 0.2) is 5.16 Å². The van der Waals surface area contributed by atoms with Crippen molar-refractivity contribution in [3.05, 3.63) is 20.8 Å². The first-order valence-corrected chi connectivity index (χ1v) is 8.95. The smallest absolute Gasteiger partial charge is 0.262 e. The Morgan fingerprint density at radius 3 is 2.52 bits per heavy atom. The monoisotopic (exact) mass is 326 g/mol. The molecule has 0 bridgehead atoms. The molecule has 2 heterocycles. The molecule has 0 saturated carbocycles. The van der Waals surface area contributed by atoms with Crippen LogP contribution in [0.15, 0.2) is 9.95 Å². The van der Waals surface area contributed by atoms with Crippen LogP contribution in [0, 0.1) is 13.8 Å². The average molecular weight is 326 g/mol. The first kappa shape index (κ1) is 16.5. The van der Waals surface area contributed by atoms with Crippen molar-refractivity contribution in [1.29, 1.82) is 0 Å². The molecule has 6 heteroatoms. The van der Waals surface area contributed by atoms with Crippen LogP contribution in [0.1, 0.15) is 37.1 Å². The van der Waals surface area contributed by atoms with E-state index in [4.69, 9.17) is 0 Å². The molecule has 0 atom stereocenters. The van der Waals surface area contributed by atoms with Gasteiger partial charge in [0.2, 0.25) is 0 Å². The van der Waals surface area contributed by atoms with E-state index in [0.29, 0.717) is 23.8 Å². The molecule has 2 rings (SSSR count). The summed E-state index contributed by atoms with van der Waals surface area (Å²) in [5.41, 5.74) is 0.331. The lowest BCUT2D eigenvalue weighted by Gasteiger charge is -2.24. The molecule has 0 fully saturated rings. The summed E-state index contributed by atoms with van der Waals surface area (Å²) in [6.07, 6.45) is 1.40. The van der Waals surface area contributed by atoms with Crippen LogP contribution in [0.4, 0.5) is 0 Å². The summed E-state index contributed by atoms with van der Waals surface area (Å²) in [5, 5.41) is 11.8. The minimum atomic E-state index is -0.696. The fraction of sp³-hybridized carbons (Fsp3) is 0.600. The third-order valence-electron chi connectivity index (χ3n) is 4.16. The van der Waals surface area contributed by atoms with Crippen molar-refractivity contribution >= 4 is 33.3 Å². The molecule has 4 nitrogen and oxygen atoms in total. The summed E-state index contributed by atoms with van der Waals surface area (Å²) < 4.78 is 1.60. The number of thiophene rings is 1. The topological polar surface area (TPSA) is 55.1 Å². The van der Waals surface area contributed by atoms with Gasteiger partial charge in [0, 0.05) is 17.7 Å². The summed E-state index contributed by atoms with van der Waals surface area (Å²) in [6.45, 7) is 7.94. The molecule has 0 saturated heterocycles. The van der Waals surface area contributed by atoms with E-state index in [1.54, 1.807) is 23.0 Å². The van der Waals surface area contributed by atoms with Crippen LogP contribution < -0.4 is 5.56 Å². The number of aromatic nitrogens is 2. The number of rotatable bonds is 5. The SMILES string of the molecule is CCC(O)(CC)CSc1nc2sc(C)c(C)c2c(=O)n1C. The number of fused-ring (bicyclic) bond motifs is 1. The van der Waals surface area contributed by atoms with Crippen LogP contribution in [0.2, 0.25) is 0 Å². The Morgan fingerprint density at radius 2 is 1.95 bits per heavy atom. The van der Waals surface area contributed by atoms with Gasteiger partial charge >= 0.3 is 0 Å². The average Bonchev–Trinajstić information content (AvgIpc) is 2.76. The number of nitrogens with zero attached hydrogens (tertiary/aromatic N) is 2. The maximum absolute atomic E-state index is 12.5. The van der Waals surface area contributed by atoms with Crippen LogP contribution in [0.3, 0.4) is 0 Å². The van der Waals surface area contributed by atoms with Gasteiger partial charge in [0.1, 0.15) is 4.83 Å². The van der Waals surface area contributed by atoms with E-state index in [2.05, 4.69) is 4.98 Å². The van der Waals surface area contributed by atoms with E-state index in [1.807, 2.05) is 27.7 Å². The highest BCUT2D eigenvalue weighted by Gasteiger charge is 2.24. The minimum Gasteiger partial charge on any atom is -0.389 e. The molecular weight excluding hydrogens is 304 g/mol. The zero-order valence-electron chi connectivity index (χ0n) is 13.2. The highest BCUT2D eigenvalue weighted by atomic mass is 32.2. The van der Waals surface area contributed by atoms with E-state index in [1.165, 1.54) is 11.8 Å². The lowest BCUT2D eigenvalue weighted by Crippen LogP contribution is -2.30. The van der Waals surface area contributed by atoms with Crippen LogP contribution >= 0.6 is 23.1 Å². The molecule has 0 aliphatic heterocycles. The van der Waals surface area contributed by atoms with Gasteiger partial charge in [-0.25, -0.2) is 4.98 Å². The van der Waals surface area contributed by atoms with Crippen molar-refractivity contribution in [2.24, 2.45) is 7.05 Å². The summed E-state index contributed by atoms with van der Waals surface area (Å²) in [7, 11) is 1.75. The van der Waals surface area contributed by atoms with Gasteiger partial charge in [0.05, 0.1) is 11.0 Å². The molecule has 2 aromatic heterocycles. The van der Waals surface area contributed by atoms with Gasteiger partial charge in [-0.15, -0.1) is 11.3 Å². The number of hydrogen-bond donors (Lipinski definition) is 1. The molecule has 0 amide bonds. The fourth-order valence-corrected chi connectivity index (χ4v) is 4.45. The van der Waals surface area contributed by atoms with Gasteiger partial charge in [-0.3, -0.25) is 9.36 Å². The Bertz CT molecular complexity index is 715. The molecule has 21 heavy (non-hydrogen) atoms. The number of thioether (sulfide) groups is 1. The zero-order chi connectivity index (χ0) is 15.8. The van der Waals surface area contributed by atoms with Crippen molar-refractivity contribution in [2.75, 3.05) is 5.75 Å². The van der Waals surface area contributed by atoms with Crippen LogP contribution in [-0.2, 0) is 7.05 Å². The summed E-state index contributed by atoms with van der Waals surface area (Å²) >= 11 is 3.02. The summed E-state index contributed by atoms with van der Waals surface area (Å²) in [4.78, 5) is 19.1. The normalized spacial score (nSPS) is 12.3. The molecule has 2 aromatic rings. The molecular formula is C15H22N2O2S2. The predicted octanol–water partition coefficient (Wildman–Crippen LogP) is 3.26. The lowest BCUT2D eigenvalue weighted by atomic mass is 10.0. The highest BCUT2D eigenvalue weighted by Crippen LogP contribution is 2.30. The largest absolute Gasteiger partial charge is 0.389 e. The first-order valence-electron chi connectivity index (χ1n) is 7.15. The molecule has 0 aromatic carbocycles. The Balaban J connectivity index is 2.42. The molecule has 116 valence electrons. The van der Waals surface area contributed by atoms with E-state index in [-0.39, 0.29) is 5.56 Å². The molecule has 0 aliphatic carbocycles. The van der Waals surface area contributed by atoms with Crippen LogP contribution in [-0.4, -0.2) is 26.0 Å². The van der Waals surface area contributed by atoms with E-state index >= 15 is 0 Å². The number of aryl methyl sites for hydroxylation is 2. The lowest BCUT2D eigenvalue weighted by molar-refractivity contribution is 0.0571. The molecule has 0 spiro atoms. The maximum atomic E-state index is 12.5. The van der Waals surface area contributed by atoms with Crippen molar-refractivity contribution in [3.8, 4) is 0 Å². The second-order valence-corrected chi connectivity index (χ2v) is 7.59. The van der Waals surface area contributed by atoms with Crippen molar-refractivity contribution < 1.29 is 5.11 Å². The van der Waals surface area contributed by atoms with Crippen LogP contribution in [0.5, 0.6) is 0 Å². The first-order chi connectivity index (χ1) is 9.83. The van der Waals surface area contributed by atoms with Gasteiger partial charge in [0.25, 0.3) is 5.56 Å². The zero-order valence-corrected chi connectivity index (χ0v) is 14.8. The highest BCUT2D eigenvalue weighted by molar-refractivity contribution is 7.99. The van der Waals surface area contributed by atoms with E-state index in [0.717, 1.165) is 20.7 Å². The Hall–Kier alpha value is -0.850. The van der Waals surface area contributed by atoms with E-state index < -0.39 is 5.60 Å². The minimum absolute atomic E-state index is 0.000821. The molecule has 0 unspecified atom stereocenters. The standard InChI is InChI=1S/C15H22N2O2S2/c1-6-15(19,7-2)8-20-14-16-12-11(13(18)17(14)5)9(3)10(4)21-12/h19H,6-8H2,1-5H3. The fourth-order valence-electron chi connectivity index (χ4n) is 2.14. The Morgan fingerprint density at radius 1 is 1.33 bits per heavy atom. The Labute approximate surface area is 133 Å². The molecule has 0 radical (unpaired) electrons. The number of hydrogen-bond acceptors (Lipinski definition) is 5. The van der Waals surface area contributed by atoms with Gasteiger partial charge in [-0.05, 0) is 32.3 Å². The predicted molar refractivity (Wildman–Crippen MR) is 90.6 cm³/mol. The number of aliphatic hydroxyl groups is 1. The summed E-state index contributed by atoms with van der Waals surface area (Å²) in [6, 6.07) is 0. The second kappa shape index (κ2) is 6.10. The van der Waals surface area contributed by atoms with Crippen molar-refractivity contribution in [3.63, 3.8) is 0 Å². The third-order valence-corrected chi connectivity index (χ3v) is 6.56. The molecule has 1 N–H and O–H groups in total. The van der Waals surface area contributed by atoms with Gasteiger partial charge in [-0.1, -0.05) is 25.6 Å².